The molecule has 1 saturated heterocycles. The van der Waals surface area contributed by atoms with Gasteiger partial charge in [0.25, 0.3) is 0 Å². The molecule has 2 amide bonds. The molecule has 7 nitrogen and oxygen atoms in total. The van der Waals surface area contributed by atoms with E-state index in [2.05, 4.69) is 21.6 Å². The molecule has 2 aromatic rings. The van der Waals surface area contributed by atoms with Crippen LogP contribution in [0.2, 0.25) is 0 Å². The van der Waals surface area contributed by atoms with Gasteiger partial charge < -0.3 is 29.7 Å². The second kappa shape index (κ2) is 10.4. The number of nitrogens with zero attached hydrogens (tertiary/aromatic N) is 1. The van der Waals surface area contributed by atoms with Gasteiger partial charge in [-0.2, -0.15) is 0 Å². The fraction of sp³-hybridized carbons (Fsp3) is 0.458. The number of fused-ring (bicyclic) bond motifs is 1. The number of rotatable bonds is 8. The molecule has 0 aromatic heterocycles. The first-order valence-electron chi connectivity index (χ1n) is 11.0. The Morgan fingerprint density at radius 3 is 2.68 bits per heavy atom. The van der Waals surface area contributed by atoms with E-state index in [1.807, 2.05) is 36.4 Å². The number of nitrogens with one attached hydrogen (secondary N) is 2. The van der Waals surface area contributed by atoms with Crippen LogP contribution in [0.1, 0.15) is 24.0 Å². The Labute approximate surface area is 183 Å². The highest BCUT2D eigenvalue weighted by Gasteiger charge is 2.21. The first-order chi connectivity index (χ1) is 15.2. The van der Waals surface area contributed by atoms with Crippen LogP contribution in [0, 0.1) is 0 Å². The fourth-order valence-corrected chi connectivity index (χ4v) is 4.14. The Kier molecular flexibility index (Phi) is 7.14. The lowest BCUT2D eigenvalue weighted by Gasteiger charge is -2.25. The van der Waals surface area contributed by atoms with Crippen LogP contribution in [0.15, 0.2) is 42.5 Å². The van der Waals surface area contributed by atoms with Crippen LogP contribution < -0.4 is 24.8 Å². The molecule has 4 rings (SSSR count). The van der Waals surface area contributed by atoms with Gasteiger partial charge in [0.2, 0.25) is 0 Å². The molecule has 0 aliphatic carbocycles. The molecule has 0 radical (unpaired) electrons. The molecule has 2 heterocycles. The molecule has 2 N–H and O–H groups in total. The molecular weight excluding hydrogens is 394 g/mol. The number of ether oxygens (including phenoxy) is 3. The van der Waals surface area contributed by atoms with Crippen molar-refractivity contribution in [1.29, 1.82) is 0 Å². The van der Waals surface area contributed by atoms with Crippen molar-refractivity contribution in [1.82, 2.24) is 15.5 Å². The van der Waals surface area contributed by atoms with Crippen LogP contribution in [0.4, 0.5) is 4.79 Å². The standard InChI is InChI=1S/C24H31N3O4/c1-29-21-6-4-5-19(14-21)16-25-24(28)26-20(17-27-9-2-3-10-27)13-18-7-8-22-23(15-18)31-12-11-30-22/h4-8,14-15,20H,2-3,9-13,16-17H2,1H3,(H2,25,26,28). The zero-order valence-corrected chi connectivity index (χ0v) is 18.1. The Bertz CT molecular complexity index is 883. The minimum Gasteiger partial charge on any atom is -0.497 e. The highest BCUT2D eigenvalue weighted by atomic mass is 16.6. The third-order valence-corrected chi connectivity index (χ3v) is 5.69. The molecule has 2 aromatic carbocycles. The van der Waals surface area contributed by atoms with E-state index in [0.29, 0.717) is 19.8 Å². The van der Waals surface area contributed by atoms with Crippen molar-refractivity contribution in [3.63, 3.8) is 0 Å². The van der Waals surface area contributed by atoms with Crippen LogP contribution in [-0.4, -0.2) is 56.9 Å². The van der Waals surface area contributed by atoms with Crippen molar-refractivity contribution in [3.05, 3.63) is 53.6 Å². The first kappa shape index (κ1) is 21.3. The molecule has 31 heavy (non-hydrogen) atoms. The van der Waals surface area contributed by atoms with Gasteiger partial charge in [-0.05, 0) is 67.7 Å². The van der Waals surface area contributed by atoms with Crippen LogP contribution in [0.5, 0.6) is 17.2 Å². The van der Waals surface area contributed by atoms with Crippen LogP contribution in [-0.2, 0) is 13.0 Å². The number of carbonyl (C=O) groups excluding carboxylic acids is 1. The Morgan fingerprint density at radius 1 is 1.06 bits per heavy atom. The minimum atomic E-state index is -0.162. The Hall–Kier alpha value is -2.93. The van der Waals surface area contributed by atoms with Crippen LogP contribution in [0.3, 0.4) is 0 Å². The van der Waals surface area contributed by atoms with Crippen molar-refractivity contribution in [2.24, 2.45) is 0 Å². The van der Waals surface area contributed by atoms with Crippen molar-refractivity contribution in [2.75, 3.05) is 40.0 Å². The van der Waals surface area contributed by atoms with Gasteiger partial charge in [0.15, 0.2) is 11.5 Å². The quantitative estimate of drug-likeness (QED) is 0.680. The van der Waals surface area contributed by atoms with Crippen molar-refractivity contribution in [2.45, 2.75) is 31.8 Å². The summed E-state index contributed by atoms with van der Waals surface area (Å²) in [5.41, 5.74) is 2.12. The number of hydrogen-bond acceptors (Lipinski definition) is 5. The smallest absolute Gasteiger partial charge is 0.315 e. The van der Waals surface area contributed by atoms with Gasteiger partial charge in [0.1, 0.15) is 19.0 Å². The van der Waals surface area contributed by atoms with Gasteiger partial charge in [0.05, 0.1) is 7.11 Å². The van der Waals surface area contributed by atoms with E-state index >= 15 is 0 Å². The molecule has 2 aliphatic heterocycles. The third-order valence-electron chi connectivity index (χ3n) is 5.69. The Balaban J connectivity index is 1.37. The van der Waals surface area contributed by atoms with Gasteiger partial charge in [-0.25, -0.2) is 4.79 Å². The highest BCUT2D eigenvalue weighted by Crippen LogP contribution is 2.31. The highest BCUT2D eigenvalue weighted by molar-refractivity contribution is 5.74. The maximum Gasteiger partial charge on any atom is 0.315 e. The number of carbonyl (C=O) groups is 1. The van der Waals surface area contributed by atoms with Gasteiger partial charge in [0, 0.05) is 19.1 Å². The number of urea groups is 1. The van der Waals surface area contributed by atoms with E-state index in [9.17, 15) is 4.79 Å². The van der Waals surface area contributed by atoms with E-state index in [1.165, 1.54) is 12.8 Å². The minimum absolute atomic E-state index is 0.00553. The normalized spacial score (nSPS) is 16.5. The van der Waals surface area contributed by atoms with Gasteiger partial charge >= 0.3 is 6.03 Å². The van der Waals surface area contributed by atoms with Gasteiger partial charge in [-0.3, -0.25) is 0 Å². The summed E-state index contributed by atoms with van der Waals surface area (Å²) in [6, 6.07) is 13.6. The van der Waals surface area contributed by atoms with Gasteiger partial charge in [-0.15, -0.1) is 0 Å². The lowest BCUT2D eigenvalue weighted by Crippen LogP contribution is -2.48. The molecule has 2 aliphatic rings. The maximum atomic E-state index is 12.7. The summed E-state index contributed by atoms with van der Waals surface area (Å²) in [5, 5.41) is 6.15. The lowest BCUT2D eigenvalue weighted by atomic mass is 10.0. The summed E-state index contributed by atoms with van der Waals surface area (Å²) < 4.78 is 16.6. The average Bonchev–Trinajstić information content (AvgIpc) is 3.31. The molecule has 0 bridgehead atoms. The van der Waals surface area contributed by atoms with Crippen LogP contribution >= 0.6 is 0 Å². The molecule has 0 spiro atoms. The average molecular weight is 426 g/mol. The predicted octanol–water partition coefficient (Wildman–Crippen LogP) is 2.97. The number of amides is 2. The van der Waals surface area contributed by atoms with Crippen LogP contribution in [0.25, 0.3) is 0 Å². The number of hydrogen-bond donors (Lipinski definition) is 2. The molecule has 166 valence electrons. The summed E-state index contributed by atoms with van der Waals surface area (Å²) in [7, 11) is 1.64. The summed E-state index contributed by atoms with van der Waals surface area (Å²) in [5.74, 6) is 2.35. The van der Waals surface area contributed by atoms with E-state index in [0.717, 1.165) is 54.4 Å². The number of benzene rings is 2. The van der Waals surface area contributed by atoms with Gasteiger partial charge in [-0.1, -0.05) is 18.2 Å². The summed E-state index contributed by atoms with van der Waals surface area (Å²) >= 11 is 0. The molecule has 1 unspecified atom stereocenters. The van der Waals surface area contributed by atoms with E-state index < -0.39 is 0 Å². The number of likely N-dealkylation sites (tertiary alicyclic amines) is 1. The second-order valence-corrected chi connectivity index (χ2v) is 8.07. The summed E-state index contributed by atoms with van der Waals surface area (Å²) in [6.45, 7) is 4.61. The van der Waals surface area contributed by atoms with Crippen molar-refractivity contribution in [3.8, 4) is 17.2 Å². The van der Waals surface area contributed by atoms with Crippen molar-refractivity contribution >= 4 is 6.03 Å². The molecule has 0 saturated carbocycles. The third kappa shape index (κ3) is 6.04. The first-order valence-corrected chi connectivity index (χ1v) is 11.0. The second-order valence-electron chi connectivity index (χ2n) is 8.07. The fourth-order valence-electron chi connectivity index (χ4n) is 4.14. The Morgan fingerprint density at radius 2 is 1.87 bits per heavy atom. The summed E-state index contributed by atoms with van der Waals surface area (Å²) in [4.78, 5) is 15.1. The molecule has 1 atom stereocenters. The molecule has 7 heteroatoms. The topological polar surface area (TPSA) is 72.1 Å². The van der Waals surface area contributed by atoms with E-state index in [-0.39, 0.29) is 12.1 Å². The SMILES string of the molecule is COc1cccc(CNC(=O)NC(Cc2ccc3c(c2)OCCO3)CN2CCCC2)c1. The van der Waals surface area contributed by atoms with E-state index in [1.54, 1.807) is 7.11 Å². The number of methoxy groups -OCH3 is 1. The van der Waals surface area contributed by atoms with E-state index in [4.69, 9.17) is 14.2 Å². The van der Waals surface area contributed by atoms with Crippen molar-refractivity contribution < 1.29 is 19.0 Å². The maximum absolute atomic E-state index is 12.7. The predicted molar refractivity (Wildman–Crippen MR) is 119 cm³/mol. The lowest BCUT2D eigenvalue weighted by molar-refractivity contribution is 0.171. The zero-order valence-electron chi connectivity index (χ0n) is 18.1. The molecular formula is C24H31N3O4. The largest absolute Gasteiger partial charge is 0.497 e. The monoisotopic (exact) mass is 425 g/mol. The zero-order chi connectivity index (χ0) is 21.5. The summed E-state index contributed by atoms with van der Waals surface area (Å²) in [6.07, 6.45) is 3.18. The molecule has 1 fully saturated rings.